The van der Waals surface area contributed by atoms with Crippen molar-refractivity contribution in [3.8, 4) is 0 Å². The fraction of sp³-hybridized carbons (Fsp3) is 0.0833. The second kappa shape index (κ2) is 4.33. The molecule has 0 unspecified atom stereocenters. The lowest BCUT2D eigenvalue weighted by atomic mass is 10.1. The molecule has 0 bridgehead atoms. The van der Waals surface area contributed by atoms with Gasteiger partial charge in [-0.25, -0.2) is 4.79 Å². The average molecular weight is 246 g/mol. The Hall–Kier alpha value is -2.63. The van der Waals surface area contributed by atoms with Crippen LogP contribution in [0.4, 0.5) is 0 Å². The Morgan fingerprint density at radius 1 is 1.28 bits per heavy atom. The van der Waals surface area contributed by atoms with Crippen LogP contribution in [0.15, 0.2) is 35.1 Å². The number of para-hydroxylation sites is 1. The Labute approximate surface area is 101 Å². The molecule has 1 aromatic heterocycles. The summed E-state index contributed by atoms with van der Waals surface area (Å²) in [5.41, 5.74) is 4.79. The van der Waals surface area contributed by atoms with Crippen LogP contribution in [0.25, 0.3) is 10.9 Å². The van der Waals surface area contributed by atoms with Gasteiger partial charge in [0.05, 0.1) is 11.1 Å². The summed E-state index contributed by atoms with van der Waals surface area (Å²) in [6.45, 7) is -0.279. The number of nitrogens with two attached hydrogens (primary N) is 1. The molecule has 0 radical (unpaired) electrons. The third-order valence-corrected chi connectivity index (χ3v) is 2.56. The first-order valence-corrected chi connectivity index (χ1v) is 5.15. The highest BCUT2D eigenvalue weighted by Crippen LogP contribution is 2.16. The standard InChI is InChI=1S/C12H10N2O4/c13-10(15)6-14-9-4-2-1-3-7(9)8(12(17)18)5-11(14)16/h1-5H,6H2,(H2,13,15)(H,17,18). The number of hydrogen-bond donors (Lipinski definition) is 2. The SMILES string of the molecule is NC(=O)Cn1c(=O)cc(C(=O)O)c2ccccc21. The topological polar surface area (TPSA) is 102 Å². The van der Waals surface area contributed by atoms with Gasteiger partial charge in [-0.2, -0.15) is 0 Å². The molecule has 0 aliphatic rings. The van der Waals surface area contributed by atoms with Crippen molar-refractivity contribution >= 4 is 22.8 Å². The van der Waals surface area contributed by atoms with Crippen LogP contribution in [-0.2, 0) is 11.3 Å². The van der Waals surface area contributed by atoms with Crippen LogP contribution in [0.5, 0.6) is 0 Å². The molecule has 0 atom stereocenters. The van der Waals surface area contributed by atoms with Gasteiger partial charge in [-0.05, 0) is 6.07 Å². The van der Waals surface area contributed by atoms with Crippen molar-refractivity contribution in [1.82, 2.24) is 4.57 Å². The van der Waals surface area contributed by atoms with Gasteiger partial charge in [0.1, 0.15) is 6.54 Å². The summed E-state index contributed by atoms with van der Waals surface area (Å²) in [6, 6.07) is 7.47. The van der Waals surface area contributed by atoms with Crippen LogP contribution in [0.3, 0.4) is 0 Å². The van der Waals surface area contributed by atoms with E-state index in [1.807, 2.05) is 0 Å². The van der Waals surface area contributed by atoms with Gasteiger partial charge in [-0.15, -0.1) is 0 Å². The molecule has 2 rings (SSSR count). The summed E-state index contributed by atoms with van der Waals surface area (Å²) in [4.78, 5) is 33.8. The maximum Gasteiger partial charge on any atom is 0.336 e. The van der Waals surface area contributed by atoms with E-state index in [1.54, 1.807) is 24.3 Å². The number of amides is 1. The summed E-state index contributed by atoms with van der Waals surface area (Å²) in [5.74, 6) is -1.85. The lowest BCUT2D eigenvalue weighted by molar-refractivity contribution is -0.118. The molecule has 0 saturated carbocycles. The smallest absolute Gasteiger partial charge is 0.336 e. The van der Waals surface area contributed by atoms with Crippen molar-refractivity contribution in [2.75, 3.05) is 0 Å². The molecule has 3 N–H and O–H groups in total. The minimum atomic E-state index is -1.19. The minimum absolute atomic E-state index is 0.0867. The normalized spacial score (nSPS) is 10.4. The van der Waals surface area contributed by atoms with E-state index in [-0.39, 0.29) is 12.1 Å². The highest BCUT2D eigenvalue weighted by atomic mass is 16.4. The van der Waals surface area contributed by atoms with Crippen molar-refractivity contribution in [2.45, 2.75) is 6.54 Å². The van der Waals surface area contributed by atoms with Gasteiger partial charge in [0.25, 0.3) is 5.56 Å². The second-order valence-electron chi connectivity index (χ2n) is 3.77. The van der Waals surface area contributed by atoms with Crippen molar-refractivity contribution in [3.05, 3.63) is 46.2 Å². The lowest BCUT2D eigenvalue weighted by Gasteiger charge is -2.09. The van der Waals surface area contributed by atoms with E-state index in [0.717, 1.165) is 10.6 Å². The van der Waals surface area contributed by atoms with Crippen LogP contribution in [0, 0.1) is 0 Å². The molecule has 1 heterocycles. The van der Waals surface area contributed by atoms with Crippen molar-refractivity contribution in [3.63, 3.8) is 0 Å². The van der Waals surface area contributed by atoms with Crippen LogP contribution < -0.4 is 11.3 Å². The first-order valence-electron chi connectivity index (χ1n) is 5.15. The van der Waals surface area contributed by atoms with Crippen LogP contribution in [0.2, 0.25) is 0 Å². The van der Waals surface area contributed by atoms with Crippen molar-refractivity contribution < 1.29 is 14.7 Å². The maximum absolute atomic E-state index is 11.8. The number of primary amides is 1. The summed E-state index contributed by atoms with van der Waals surface area (Å²) in [7, 11) is 0. The third-order valence-electron chi connectivity index (χ3n) is 2.56. The molecule has 0 aliphatic carbocycles. The van der Waals surface area contributed by atoms with Gasteiger partial charge in [0.15, 0.2) is 0 Å². The first-order chi connectivity index (χ1) is 8.50. The number of carboxylic acids is 1. The molecule has 6 nitrogen and oxygen atoms in total. The Balaban J connectivity index is 2.85. The molecule has 1 amide bonds. The molecular formula is C12H10N2O4. The molecule has 6 heteroatoms. The Morgan fingerprint density at radius 3 is 2.56 bits per heavy atom. The number of nitrogens with zero attached hydrogens (tertiary/aromatic N) is 1. The highest BCUT2D eigenvalue weighted by Gasteiger charge is 2.14. The average Bonchev–Trinajstić information content (AvgIpc) is 2.31. The van der Waals surface area contributed by atoms with Gasteiger partial charge in [-0.3, -0.25) is 14.2 Å². The van der Waals surface area contributed by atoms with Gasteiger partial charge < -0.3 is 10.8 Å². The number of aromatic carboxylic acids is 1. The zero-order valence-electron chi connectivity index (χ0n) is 9.29. The molecule has 0 aliphatic heterocycles. The summed E-state index contributed by atoms with van der Waals surface area (Å²) < 4.78 is 1.16. The number of carbonyl (C=O) groups is 2. The van der Waals surface area contributed by atoms with E-state index in [4.69, 9.17) is 10.8 Å². The molecule has 2 aromatic rings. The Kier molecular flexibility index (Phi) is 2.85. The molecule has 0 saturated heterocycles. The molecule has 0 fully saturated rings. The molecule has 0 spiro atoms. The number of rotatable bonds is 3. The Bertz CT molecular complexity index is 703. The number of pyridine rings is 1. The van der Waals surface area contributed by atoms with E-state index in [1.165, 1.54) is 0 Å². The third kappa shape index (κ3) is 1.95. The lowest BCUT2D eigenvalue weighted by Crippen LogP contribution is -2.28. The fourth-order valence-corrected chi connectivity index (χ4v) is 1.83. The number of fused-ring (bicyclic) bond motifs is 1. The van der Waals surface area contributed by atoms with Gasteiger partial charge in [-0.1, -0.05) is 18.2 Å². The number of benzene rings is 1. The highest BCUT2D eigenvalue weighted by molar-refractivity contribution is 6.02. The van der Waals surface area contributed by atoms with Crippen molar-refractivity contribution in [2.24, 2.45) is 5.73 Å². The maximum atomic E-state index is 11.8. The molecule has 92 valence electrons. The summed E-state index contributed by atoms with van der Waals surface area (Å²) in [6.07, 6.45) is 0. The first kappa shape index (κ1) is 11.8. The number of aromatic nitrogens is 1. The number of carbonyl (C=O) groups excluding carboxylic acids is 1. The minimum Gasteiger partial charge on any atom is -0.478 e. The fourth-order valence-electron chi connectivity index (χ4n) is 1.83. The zero-order chi connectivity index (χ0) is 13.3. The Morgan fingerprint density at radius 2 is 1.94 bits per heavy atom. The van der Waals surface area contributed by atoms with E-state index in [9.17, 15) is 14.4 Å². The molecule has 18 heavy (non-hydrogen) atoms. The quantitative estimate of drug-likeness (QED) is 0.806. The van der Waals surface area contributed by atoms with E-state index in [2.05, 4.69) is 0 Å². The van der Waals surface area contributed by atoms with Gasteiger partial charge in [0, 0.05) is 11.5 Å². The second-order valence-corrected chi connectivity index (χ2v) is 3.77. The molecule has 1 aromatic carbocycles. The largest absolute Gasteiger partial charge is 0.478 e. The predicted molar refractivity (Wildman–Crippen MR) is 64.4 cm³/mol. The van der Waals surface area contributed by atoms with E-state index < -0.39 is 17.4 Å². The predicted octanol–water partition coefficient (Wildman–Crippen LogP) is 0.185. The van der Waals surface area contributed by atoms with Gasteiger partial charge in [0.2, 0.25) is 5.91 Å². The summed E-state index contributed by atoms with van der Waals surface area (Å²) >= 11 is 0. The van der Waals surface area contributed by atoms with Crippen LogP contribution in [-0.4, -0.2) is 21.6 Å². The number of carboxylic acid groups (broad SMARTS) is 1. The summed E-state index contributed by atoms with van der Waals surface area (Å²) in [5, 5.41) is 9.43. The molecular weight excluding hydrogens is 236 g/mol. The van der Waals surface area contributed by atoms with E-state index >= 15 is 0 Å². The monoisotopic (exact) mass is 246 g/mol. The zero-order valence-corrected chi connectivity index (χ0v) is 9.29. The number of hydrogen-bond acceptors (Lipinski definition) is 3. The van der Waals surface area contributed by atoms with Crippen LogP contribution in [0.1, 0.15) is 10.4 Å². The van der Waals surface area contributed by atoms with Gasteiger partial charge >= 0.3 is 5.97 Å². The van der Waals surface area contributed by atoms with Crippen molar-refractivity contribution in [1.29, 1.82) is 0 Å². The van der Waals surface area contributed by atoms with Crippen LogP contribution >= 0.6 is 0 Å². The van der Waals surface area contributed by atoms with E-state index in [0.29, 0.717) is 10.9 Å².